The van der Waals surface area contributed by atoms with Gasteiger partial charge in [-0.25, -0.2) is 0 Å². The molecule has 8 heavy (non-hydrogen) atoms. The van der Waals surface area contributed by atoms with Gasteiger partial charge in [0, 0.05) is 10.4 Å². The molecule has 0 N–H and O–H groups in total. The second-order valence-electron chi connectivity index (χ2n) is 0.408. The summed E-state index contributed by atoms with van der Waals surface area (Å²) in [7, 11) is -5.17. The van der Waals surface area contributed by atoms with Gasteiger partial charge in [-0.2, -0.15) is 0 Å². The van der Waals surface area contributed by atoms with Gasteiger partial charge in [0.25, 0.3) is 0 Å². The van der Waals surface area contributed by atoms with Crippen LogP contribution < -0.4 is 0 Å². The van der Waals surface area contributed by atoms with Crippen LogP contribution in [0.1, 0.15) is 0 Å². The Morgan fingerprint density at radius 1 is 1.25 bits per heavy atom. The molecule has 0 aliphatic carbocycles. The van der Waals surface area contributed by atoms with E-state index in [1.54, 1.807) is 0 Å². The van der Waals surface area contributed by atoms with Gasteiger partial charge in [0.05, 0.1) is 0 Å². The minimum atomic E-state index is -5.17. The molecule has 0 aromatic carbocycles. The molecule has 0 rings (SSSR count). The van der Waals surface area contributed by atoms with Crippen molar-refractivity contribution < 1.29 is 34.0 Å². The molecule has 0 amide bonds. The van der Waals surface area contributed by atoms with E-state index in [1.807, 2.05) is 0 Å². The first-order valence-electron chi connectivity index (χ1n) is 0.890. The molecule has 0 bridgehead atoms. The topological polar surface area (TPSA) is 104 Å². The molecule has 0 spiro atoms. The van der Waals surface area contributed by atoms with E-state index in [-0.39, 0.29) is 16.5 Å². The second-order valence-corrected chi connectivity index (χ2v) is 1.22. The first-order valence-corrected chi connectivity index (χ1v) is 2.22. The quantitative estimate of drug-likeness (QED) is 0.201. The Bertz CT molecular complexity index is 127. The third-order valence-electron chi connectivity index (χ3n) is 0. The van der Waals surface area contributed by atoms with E-state index in [4.69, 9.17) is 29.4 Å². The minimum Gasteiger partial charge on any atom is -0.759 e. The Hall–Kier alpha value is -0.146. The van der Waals surface area contributed by atoms with Crippen molar-refractivity contribution in [1.82, 2.24) is 0 Å². The van der Waals surface area contributed by atoms with Gasteiger partial charge in [0.1, 0.15) is 0 Å². The molecule has 0 heterocycles. The fourth-order valence-electron chi connectivity index (χ4n) is 0. The van der Waals surface area contributed by atoms with Gasteiger partial charge in [-0.1, -0.05) is 0 Å². The van der Waals surface area contributed by atoms with Crippen molar-refractivity contribution in [3.05, 3.63) is 6.57 Å². The van der Waals surface area contributed by atoms with Gasteiger partial charge in [-0.3, -0.25) is 8.42 Å². The van der Waals surface area contributed by atoms with Crippen LogP contribution in [0.5, 0.6) is 0 Å². The predicted molar refractivity (Wildman–Crippen MR) is 15.4 cm³/mol. The van der Waals surface area contributed by atoms with Gasteiger partial charge >= 0.3 is 16.5 Å². The Balaban J connectivity index is -0.0000000750. The van der Waals surface area contributed by atoms with Gasteiger partial charge in [-0.15, -0.1) is 0 Å². The molecule has 7 heteroatoms. The molecule has 0 unspecified atom stereocenters. The first-order chi connectivity index (χ1) is 3.00. The van der Waals surface area contributed by atoms with Crippen molar-refractivity contribution in [3.8, 4) is 0 Å². The van der Waals surface area contributed by atoms with Crippen molar-refractivity contribution in [3.63, 3.8) is 0 Å². The summed E-state index contributed by atoms with van der Waals surface area (Å²) in [5, 5.41) is 6.25. The van der Waals surface area contributed by atoms with Crippen molar-refractivity contribution in [2.24, 2.45) is 0 Å². The summed E-state index contributed by atoms with van der Waals surface area (Å²) in [5.41, 5.74) is 0. The molecule has 1 radical (unpaired) electrons. The molecule has 0 fully saturated rings. The number of hydrogen-bond donors (Lipinski definition) is 0. The molecule has 0 aliphatic heterocycles. The van der Waals surface area contributed by atoms with Crippen LogP contribution in [0, 0.1) is 11.8 Å². The SMILES string of the molecule is O=S(=O)([O-])[O-].[C-]#N.[Ni+3]. The molecule has 0 aromatic rings. The Labute approximate surface area is 56.8 Å². The van der Waals surface area contributed by atoms with Gasteiger partial charge in [0.2, 0.25) is 0 Å². The van der Waals surface area contributed by atoms with Crippen LogP contribution in [0.3, 0.4) is 0 Å². The summed E-state index contributed by atoms with van der Waals surface area (Å²) in [5.74, 6) is 0. The Kier molecular flexibility index (Phi) is 13.4. The van der Waals surface area contributed by atoms with Crippen LogP contribution >= 0.6 is 0 Å². The predicted octanol–water partition coefficient (Wildman–Crippen LogP) is -1.24. The van der Waals surface area contributed by atoms with Crippen molar-refractivity contribution in [1.29, 1.82) is 5.26 Å². The Morgan fingerprint density at radius 2 is 1.25 bits per heavy atom. The number of nitrogens with zero attached hydrogens (tertiary/aromatic N) is 1. The average Bonchev–Trinajstić information content (AvgIpc) is 1.36. The molecular weight excluding hydrogens is 181 g/mol. The van der Waals surface area contributed by atoms with E-state index in [2.05, 4.69) is 0 Å². The zero-order valence-electron chi connectivity index (χ0n) is 3.30. The van der Waals surface area contributed by atoms with Crippen LogP contribution in [0.25, 0.3) is 0 Å². The van der Waals surface area contributed by atoms with Crippen molar-refractivity contribution >= 4 is 10.4 Å². The van der Waals surface area contributed by atoms with Gasteiger partial charge < -0.3 is 20.9 Å². The van der Waals surface area contributed by atoms with Crippen molar-refractivity contribution in [2.45, 2.75) is 0 Å². The maximum absolute atomic E-state index is 8.52. The maximum atomic E-state index is 8.52. The summed E-state index contributed by atoms with van der Waals surface area (Å²) in [4.78, 5) is 0. The summed E-state index contributed by atoms with van der Waals surface area (Å²) >= 11 is 0. The van der Waals surface area contributed by atoms with Crippen LogP contribution in [0.4, 0.5) is 0 Å². The van der Waals surface area contributed by atoms with E-state index >= 15 is 0 Å². The fourth-order valence-corrected chi connectivity index (χ4v) is 0. The summed E-state index contributed by atoms with van der Waals surface area (Å²) < 4.78 is 34.1. The van der Waals surface area contributed by atoms with E-state index < -0.39 is 10.4 Å². The van der Waals surface area contributed by atoms with Crippen LogP contribution in [0.2, 0.25) is 0 Å². The normalized spacial score (nSPS) is 7.50. The molecular formula is CNNiO4S. The standard InChI is InChI=1S/CN.Ni.H2O4S/c1-2;;1-5(2,3)4/h;;(H2,1,2,3,4)/q-1;+3;/p-2. The monoisotopic (exact) mass is 180 g/mol. The Morgan fingerprint density at radius 3 is 1.25 bits per heavy atom. The van der Waals surface area contributed by atoms with Crippen LogP contribution in [-0.2, 0) is 26.9 Å². The molecule has 0 saturated heterocycles. The zero-order valence-corrected chi connectivity index (χ0v) is 5.11. The fraction of sp³-hybridized carbons (Fsp3) is 0. The molecule has 0 aliphatic rings. The first kappa shape index (κ1) is 15.7. The summed E-state index contributed by atoms with van der Waals surface area (Å²) in [6.07, 6.45) is 0. The van der Waals surface area contributed by atoms with Crippen LogP contribution in [-0.4, -0.2) is 17.5 Å². The number of rotatable bonds is 0. The minimum absolute atomic E-state index is 0. The number of hydrogen-bond acceptors (Lipinski definition) is 5. The van der Waals surface area contributed by atoms with Gasteiger partial charge in [-0.05, 0) is 0 Å². The molecule has 0 saturated carbocycles. The van der Waals surface area contributed by atoms with Gasteiger partial charge in [0.15, 0.2) is 0 Å². The van der Waals surface area contributed by atoms with E-state index in [0.717, 1.165) is 0 Å². The smallest absolute Gasteiger partial charge is 0.759 e. The summed E-state index contributed by atoms with van der Waals surface area (Å²) in [6.45, 7) is 4.75. The maximum Gasteiger partial charge on any atom is 3.00 e. The van der Waals surface area contributed by atoms with E-state index in [9.17, 15) is 0 Å². The third-order valence-corrected chi connectivity index (χ3v) is 0. The largest absolute Gasteiger partial charge is 3.00 e. The summed E-state index contributed by atoms with van der Waals surface area (Å²) in [6, 6.07) is 0. The van der Waals surface area contributed by atoms with Crippen LogP contribution in [0.15, 0.2) is 0 Å². The molecule has 0 aromatic heterocycles. The zero-order chi connectivity index (χ0) is 6.50. The second kappa shape index (κ2) is 6.85. The third kappa shape index (κ3) is 6430. The molecule has 5 nitrogen and oxygen atoms in total. The van der Waals surface area contributed by atoms with E-state index in [0.29, 0.717) is 0 Å². The molecule has 0 atom stereocenters. The van der Waals surface area contributed by atoms with E-state index in [1.165, 1.54) is 0 Å². The van der Waals surface area contributed by atoms with Crippen molar-refractivity contribution in [2.75, 3.05) is 0 Å². The average molecular weight is 181 g/mol. The molecule has 49 valence electrons.